The van der Waals surface area contributed by atoms with Crippen molar-refractivity contribution in [3.05, 3.63) is 23.3 Å². The predicted octanol–water partition coefficient (Wildman–Crippen LogP) is 5.21. The average molecular weight is 308 g/mol. The van der Waals surface area contributed by atoms with Crippen LogP contribution in [0.15, 0.2) is 17.0 Å². The van der Waals surface area contributed by atoms with Gasteiger partial charge in [0, 0.05) is 5.69 Å². The van der Waals surface area contributed by atoms with Crippen molar-refractivity contribution in [1.82, 2.24) is 0 Å². The summed E-state index contributed by atoms with van der Waals surface area (Å²) in [6.07, 6.45) is -0.477. The molecule has 116 valence electrons. The molecule has 0 aliphatic carbocycles. The third-order valence-electron chi connectivity index (χ3n) is 2.87. The number of amides is 1. The highest BCUT2D eigenvalue weighted by molar-refractivity contribution is 7.85. The van der Waals surface area contributed by atoms with E-state index in [9.17, 15) is 9.40 Å². The van der Waals surface area contributed by atoms with Gasteiger partial charge in [0.2, 0.25) is 0 Å². The van der Waals surface area contributed by atoms with Gasteiger partial charge in [0.25, 0.3) is 0 Å². The first-order valence-electron chi connectivity index (χ1n) is 6.90. The van der Waals surface area contributed by atoms with Crippen LogP contribution in [0.5, 0.6) is 0 Å². The van der Waals surface area contributed by atoms with E-state index >= 15 is 0 Å². The van der Waals surface area contributed by atoms with Crippen LogP contribution in [0.2, 0.25) is 0 Å². The average Bonchev–Trinajstić information content (AvgIpc) is 2.27. The van der Waals surface area contributed by atoms with E-state index in [2.05, 4.69) is 26.1 Å². The Balaban J connectivity index is 3.15. The van der Waals surface area contributed by atoms with E-state index in [-0.39, 0.29) is 5.41 Å². The Morgan fingerprint density at radius 3 is 2.19 bits per heavy atom. The van der Waals surface area contributed by atoms with E-state index in [1.54, 1.807) is 0 Å². The maximum absolute atomic E-state index is 11.9. The summed E-state index contributed by atoms with van der Waals surface area (Å²) in [5.74, 6) is 0. The topological polar surface area (TPSA) is 62.1 Å². The smallest absolute Gasteiger partial charge is 0.412 e. The number of nitrogens with one attached hydrogen (secondary N) is 1. The fraction of sp³-hybridized carbons (Fsp3) is 0.562. The Morgan fingerprint density at radius 2 is 1.76 bits per heavy atom. The van der Waals surface area contributed by atoms with Crippen LogP contribution >= 0.6 is 11.4 Å². The van der Waals surface area contributed by atoms with Crippen LogP contribution in [-0.2, 0) is 10.2 Å². The third-order valence-corrected chi connectivity index (χ3v) is 3.40. The molecule has 0 unspecified atom stereocenters. The number of hydrogen-bond donors (Lipinski definition) is 1. The highest BCUT2D eigenvalue weighted by atomic mass is 32.1. The molecule has 4 nitrogen and oxygen atoms in total. The zero-order valence-corrected chi connectivity index (χ0v) is 14.6. The molecule has 0 spiro atoms. The van der Waals surface area contributed by atoms with Crippen molar-refractivity contribution in [2.45, 2.75) is 64.4 Å². The van der Waals surface area contributed by atoms with E-state index in [4.69, 9.17) is 4.74 Å². The van der Waals surface area contributed by atoms with Gasteiger partial charge in [-0.25, -0.2) is 4.79 Å². The van der Waals surface area contributed by atoms with E-state index in [0.717, 1.165) is 27.4 Å². The minimum atomic E-state index is -0.536. The molecule has 0 aromatic heterocycles. The van der Waals surface area contributed by atoms with Crippen LogP contribution in [-0.4, -0.2) is 11.7 Å². The molecule has 1 rings (SSSR count). The summed E-state index contributed by atoms with van der Waals surface area (Å²) >= 11 is 0.730. The van der Waals surface area contributed by atoms with Crippen molar-refractivity contribution >= 4 is 23.2 Å². The zero-order chi connectivity index (χ0) is 16.4. The molecule has 0 bridgehead atoms. The Morgan fingerprint density at radius 1 is 1.19 bits per heavy atom. The van der Waals surface area contributed by atoms with Crippen LogP contribution < -0.4 is 5.32 Å². The lowest BCUT2D eigenvalue weighted by atomic mass is 9.86. The molecular weight excluding hydrogens is 284 g/mol. The summed E-state index contributed by atoms with van der Waals surface area (Å²) in [7, 11) is 0. The van der Waals surface area contributed by atoms with Gasteiger partial charge >= 0.3 is 6.09 Å². The number of carbonyl (C=O) groups is 1. The normalized spacial score (nSPS) is 11.9. The van der Waals surface area contributed by atoms with Gasteiger partial charge in [-0.3, -0.25) is 5.32 Å². The lowest BCUT2D eigenvalue weighted by Gasteiger charge is -2.24. The first-order valence-corrected chi connectivity index (χ1v) is 7.68. The maximum Gasteiger partial charge on any atom is 0.412 e. The Kier molecular flexibility index (Phi) is 5.03. The fourth-order valence-corrected chi connectivity index (χ4v) is 2.58. The van der Waals surface area contributed by atoms with Crippen LogP contribution in [0.4, 0.5) is 10.5 Å². The molecule has 21 heavy (non-hydrogen) atoms. The summed E-state index contributed by atoms with van der Waals surface area (Å²) in [4.78, 5) is 12.7. The largest absolute Gasteiger partial charge is 0.444 e. The summed E-state index contributed by atoms with van der Waals surface area (Å²) in [5.41, 5.74) is 1.89. The Bertz CT molecular complexity index is 590. The van der Waals surface area contributed by atoms with Crippen molar-refractivity contribution in [3.8, 4) is 0 Å². The molecule has 0 saturated heterocycles. The molecule has 5 heteroatoms. The van der Waals surface area contributed by atoms with Crippen LogP contribution in [0.25, 0.3) is 0 Å². The quantitative estimate of drug-likeness (QED) is 0.774. The highest BCUT2D eigenvalue weighted by Gasteiger charge is 2.22. The second-order valence-corrected chi connectivity index (χ2v) is 7.75. The van der Waals surface area contributed by atoms with Gasteiger partial charge in [-0.2, -0.15) is 4.61 Å². The van der Waals surface area contributed by atoms with Gasteiger partial charge in [-0.1, -0.05) is 20.8 Å². The van der Waals surface area contributed by atoms with Crippen molar-refractivity contribution < 1.29 is 9.53 Å². The number of nitrogens with zero attached hydrogens (tertiary/aromatic N) is 1. The SMILES string of the molecule is Cc1cc(S#N)c(C(C)(C)C)cc1NC(=O)OC(C)(C)C. The second-order valence-electron chi connectivity index (χ2n) is 7.13. The van der Waals surface area contributed by atoms with Gasteiger partial charge in [-0.05, 0) is 56.4 Å². The molecule has 0 aliphatic heterocycles. The summed E-state index contributed by atoms with van der Waals surface area (Å²) in [6.45, 7) is 13.6. The zero-order valence-electron chi connectivity index (χ0n) is 13.8. The summed E-state index contributed by atoms with van der Waals surface area (Å²) in [6, 6.07) is 3.77. The molecule has 0 heterocycles. The van der Waals surface area contributed by atoms with E-state index in [1.165, 1.54) is 0 Å². The van der Waals surface area contributed by atoms with Crippen molar-refractivity contribution in [2.24, 2.45) is 0 Å². The highest BCUT2D eigenvalue weighted by Crippen LogP contribution is 2.33. The van der Waals surface area contributed by atoms with Gasteiger partial charge in [0.15, 0.2) is 0 Å². The van der Waals surface area contributed by atoms with E-state index in [1.807, 2.05) is 39.8 Å². The predicted molar refractivity (Wildman–Crippen MR) is 87.3 cm³/mol. The van der Waals surface area contributed by atoms with Gasteiger partial charge in [0.1, 0.15) is 5.60 Å². The molecule has 0 atom stereocenters. The summed E-state index contributed by atoms with van der Waals surface area (Å²) in [5, 5.41) is 2.78. The molecule has 0 radical (unpaired) electrons. The number of aryl methyl sites for hydroxylation is 1. The molecule has 1 aromatic carbocycles. The number of anilines is 1. The minimum absolute atomic E-state index is 0.136. The first kappa shape index (κ1) is 17.5. The maximum atomic E-state index is 11.9. The van der Waals surface area contributed by atoms with Gasteiger partial charge in [0.05, 0.1) is 16.3 Å². The lowest BCUT2D eigenvalue weighted by molar-refractivity contribution is 0.0636. The number of hydrogen-bond acceptors (Lipinski definition) is 3. The molecular formula is C16H24N2O2S. The standard InChI is InChI=1S/C16H24N2O2S/c1-10-8-13(21-17)11(15(2,3)4)9-12(10)18-14(19)20-16(5,6)7/h8-9H,1-7H3,(H,18,19). The number of carbonyl (C=O) groups excluding carboxylic acids is 1. The van der Waals surface area contributed by atoms with Crippen LogP contribution in [0.1, 0.15) is 52.7 Å². The third kappa shape index (κ3) is 5.03. The van der Waals surface area contributed by atoms with E-state index < -0.39 is 11.7 Å². The minimum Gasteiger partial charge on any atom is -0.444 e. The van der Waals surface area contributed by atoms with Crippen LogP contribution in [0.3, 0.4) is 0 Å². The molecule has 1 aromatic rings. The number of ether oxygens (including phenoxy) is 1. The molecule has 1 amide bonds. The second kappa shape index (κ2) is 6.04. The number of rotatable bonds is 1. The van der Waals surface area contributed by atoms with Crippen molar-refractivity contribution in [3.63, 3.8) is 0 Å². The van der Waals surface area contributed by atoms with E-state index in [0.29, 0.717) is 5.69 Å². The van der Waals surface area contributed by atoms with Crippen LogP contribution in [0, 0.1) is 11.5 Å². The summed E-state index contributed by atoms with van der Waals surface area (Å²) < 4.78 is 14.7. The molecule has 1 N–H and O–H groups in total. The Hall–Kier alpha value is -1.58. The van der Waals surface area contributed by atoms with Gasteiger partial charge in [-0.15, -0.1) is 0 Å². The van der Waals surface area contributed by atoms with Crippen molar-refractivity contribution in [2.75, 3.05) is 5.32 Å². The molecule has 0 aliphatic rings. The van der Waals surface area contributed by atoms with Crippen molar-refractivity contribution in [1.29, 1.82) is 4.61 Å². The lowest BCUT2D eigenvalue weighted by Crippen LogP contribution is -2.27. The fourth-order valence-electron chi connectivity index (χ4n) is 1.89. The van der Waals surface area contributed by atoms with Gasteiger partial charge < -0.3 is 4.74 Å². The Labute approximate surface area is 130 Å². The molecule has 0 saturated carbocycles. The molecule has 0 fully saturated rings. The monoisotopic (exact) mass is 308 g/mol. The number of benzene rings is 1. The first-order chi connectivity index (χ1) is 9.44.